The van der Waals surface area contributed by atoms with Gasteiger partial charge >= 0.3 is 6.18 Å². The molecule has 0 unspecified atom stereocenters. The largest absolute Gasteiger partial charge is 0.433 e. The van der Waals surface area contributed by atoms with Gasteiger partial charge in [-0.2, -0.15) is 18.3 Å². The van der Waals surface area contributed by atoms with Crippen LogP contribution in [-0.4, -0.2) is 51.7 Å². The molecule has 1 aromatic heterocycles. The first-order valence-corrected chi connectivity index (χ1v) is 8.49. The van der Waals surface area contributed by atoms with Crippen molar-refractivity contribution in [2.24, 2.45) is 7.05 Å². The summed E-state index contributed by atoms with van der Waals surface area (Å²) in [5.74, 6) is -0.470. The monoisotopic (exact) mass is 386 g/mol. The molecule has 0 aliphatic carbocycles. The van der Waals surface area contributed by atoms with Crippen LogP contribution in [0.3, 0.4) is 0 Å². The number of nitrogens with zero attached hydrogens (tertiary/aromatic N) is 4. The Kier molecular flexibility index (Phi) is 5.24. The molecule has 5 nitrogen and oxygen atoms in total. The number of aryl methyl sites for hydroxylation is 1. The molecule has 0 bridgehead atoms. The third kappa shape index (κ3) is 4.19. The van der Waals surface area contributed by atoms with Crippen molar-refractivity contribution in [1.82, 2.24) is 19.6 Å². The summed E-state index contributed by atoms with van der Waals surface area (Å²) in [4.78, 5) is 16.2. The molecule has 3 rings (SSSR count). The van der Waals surface area contributed by atoms with E-state index in [-0.39, 0.29) is 5.69 Å². The van der Waals surface area contributed by atoms with Gasteiger partial charge < -0.3 is 4.90 Å². The van der Waals surface area contributed by atoms with E-state index in [0.717, 1.165) is 18.2 Å². The molecule has 0 atom stereocenters. The van der Waals surface area contributed by atoms with Crippen LogP contribution in [0.25, 0.3) is 0 Å². The van der Waals surface area contributed by atoms with Crippen molar-refractivity contribution in [3.63, 3.8) is 0 Å². The summed E-state index contributed by atoms with van der Waals surface area (Å²) in [7, 11) is 1.18. The average Bonchev–Trinajstić information content (AvgIpc) is 2.99. The normalized spacial score (nSPS) is 16.1. The van der Waals surface area contributed by atoms with E-state index in [2.05, 4.69) is 10.00 Å². The number of carbonyl (C=O) groups excluding carboxylic acids is 1. The number of hydrogen-bond donors (Lipinski definition) is 0. The molecule has 1 amide bonds. The van der Waals surface area contributed by atoms with Crippen LogP contribution in [0, 0.1) is 0 Å². The predicted molar refractivity (Wildman–Crippen MR) is 90.8 cm³/mol. The smallest absolute Gasteiger partial charge is 0.335 e. The maximum atomic E-state index is 12.9. The van der Waals surface area contributed by atoms with Crippen molar-refractivity contribution in [3.8, 4) is 0 Å². The van der Waals surface area contributed by atoms with E-state index >= 15 is 0 Å². The Morgan fingerprint density at radius 2 is 1.77 bits per heavy atom. The van der Waals surface area contributed by atoms with Crippen LogP contribution in [0.2, 0.25) is 5.02 Å². The first-order chi connectivity index (χ1) is 12.2. The number of hydrogen-bond acceptors (Lipinski definition) is 3. The molecular formula is C17H18ClF3N4O. The molecule has 2 heterocycles. The van der Waals surface area contributed by atoms with Crippen LogP contribution < -0.4 is 0 Å². The molecule has 140 valence electrons. The minimum Gasteiger partial charge on any atom is -0.335 e. The zero-order chi connectivity index (χ0) is 18.9. The molecule has 0 saturated carbocycles. The van der Waals surface area contributed by atoms with Gasteiger partial charge in [-0.15, -0.1) is 0 Å². The van der Waals surface area contributed by atoms with E-state index in [1.54, 1.807) is 4.90 Å². The van der Waals surface area contributed by atoms with Crippen molar-refractivity contribution in [1.29, 1.82) is 0 Å². The van der Waals surface area contributed by atoms with Gasteiger partial charge in [0, 0.05) is 50.9 Å². The Balaban J connectivity index is 1.59. The average molecular weight is 387 g/mol. The topological polar surface area (TPSA) is 41.4 Å². The minimum absolute atomic E-state index is 0.175. The quantitative estimate of drug-likeness (QED) is 0.814. The van der Waals surface area contributed by atoms with Gasteiger partial charge in [-0.1, -0.05) is 23.7 Å². The molecule has 26 heavy (non-hydrogen) atoms. The number of amides is 1. The number of benzene rings is 1. The number of carbonyl (C=O) groups is 1. The summed E-state index contributed by atoms with van der Waals surface area (Å²) >= 11 is 5.87. The lowest BCUT2D eigenvalue weighted by Crippen LogP contribution is -2.48. The van der Waals surface area contributed by atoms with E-state index < -0.39 is 17.8 Å². The lowest BCUT2D eigenvalue weighted by molar-refractivity contribution is -0.143. The van der Waals surface area contributed by atoms with Gasteiger partial charge in [-0.3, -0.25) is 14.4 Å². The van der Waals surface area contributed by atoms with Gasteiger partial charge in [0.1, 0.15) is 5.69 Å². The Morgan fingerprint density at radius 3 is 2.31 bits per heavy atom. The van der Waals surface area contributed by atoms with Crippen molar-refractivity contribution >= 4 is 17.5 Å². The molecule has 2 aromatic rings. The van der Waals surface area contributed by atoms with Gasteiger partial charge in [0.15, 0.2) is 5.69 Å². The fourth-order valence-corrected chi connectivity index (χ4v) is 3.08. The molecule has 9 heteroatoms. The van der Waals surface area contributed by atoms with Crippen LogP contribution in [0.5, 0.6) is 0 Å². The Hall–Kier alpha value is -2.06. The minimum atomic E-state index is -4.53. The van der Waals surface area contributed by atoms with Crippen molar-refractivity contribution in [3.05, 3.63) is 52.3 Å². The van der Waals surface area contributed by atoms with Crippen molar-refractivity contribution < 1.29 is 18.0 Å². The second-order valence-electron chi connectivity index (χ2n) is 6.23. The van der Waals surface area contributed by atoms with Gasteiger partial charge in [0.05, 0.1) is 0 Å². The van der Waals surface area contributed by atoms with Crippen LogP contribution in [0.4, 0.5) is 13.2 Å². The molecular weight excluding hydrogens is 369 g/mol. The van der Waals surface area contributed by atoms with Gasteiger partial charge in [-0.25, -0.2) is 0 Å². The molecule has 0 N–H and O–H groups in total. The van der Waals surface area contributed by atoms with E-state index in [0.29, 0.717) is 35.9 Å². The second-order valence-corrected chi connectivity index (χ2v) is 6.67. The molecule has 1 aliphatic heterocycles. The van der Waals surface area contributed by atoms with Crippen molar-refractivity contribution in [2.45, 2.75) is 12.7 Å². The molecule has 1 fully saturated rings. The molecule has 1 aromatic carbocycles. The van der Waals surface area contributed by atoms with Crippen molar-refractivity contribution in [2.75, 3.05) is 26.2 Å². The SMILES string of the molecule is Cn1nc(C(=O)N2CCN(Cc3ccc(Cl)cc3)CC2)cc1C(F)(F)F. The third-order valence-electron chi connectivity index (χ3n) is 4.37. The summed E-state index contributed by atoms with van der Waals surface area (Å²) in [5, 5.41) is 4.41. The van der Waals surface area contributed by atoms with E-state index in [9.17, 15) is 18.0 Å². The highest BCUT2D eigenvalue weighted by Crippen LogP contribution is 2.29. The highest BCUT2D eigenvalue weighted by atomic mass is 35.5. The summed E-state index contributed by atoms with van der Waals surface area (Å²) < 4.78 is 39.2. The standard InChI is InChI=1S/C17H18ClF3N4O/c1-23-15(17(19,20)21)10-14(22-23)16(26)25-8-6-24(7-9-25)11-12-2-4-13(18)5-3-12/h2-5,10H,6-9,11H2,1H3. The fourth-order valence-electron chi connectivity index (χ4n) is 2.96. The van der Waals surface area contributed by atoms with E-state index in [1.165, 1.54) is 7.05 Å². The lowest BCUT2D eigenvalue weighted by atomic mass is 10.2. The molecule has 0 spiro atoms. The number of piperazine rings is 1. The van der Waals surface area contributed by atoms with Crippen LogP contribution in [0.1, 0.15) is 21.7 Å². The van der Waals surface area contributed by atoms with Gasteiger partial charge in [0.25, 0.3) is 5.91 Å². The zero-order valence-corrected chi connectivity index (χ0v) is 14.9. The fraction of sp³-hybridized carbons (Fsp3) is 0.412. The summed E-state index contributed by atoms with van der Waals surface area (Å²) in [6.45, 7) is 2.93. The highest BCUT2D eigenvalue weighted by Gasteiger charge is 2.36. The van der Waals surface area contributed by atoms with E-state index in [4.69, 9.17) is 11.6 Å². The van der Waals surface area contributed by atoms with Crippen LogP contribution >= 0.6 is 11.6 Å². The first kappa shape index (κ1) is 18.7. The van der Waals surface area contributed by atoms with Crippen LogP contribution in [-0.2, 0) is 19.8 Å². The van der Waals surface area contributed by atoms with Gasteiger partial charge in [-0.05, 0) is 17.7 Å². The molecule has 1 aliphatic rings. The Labute approximate surface area is 153 Å². The summed E-state index contributed by atoms with van der Waals surface area (Å²) in [6, 6.07) is 8.37. The number of aromatic nitrogens is 2. The molecule has 1 saturated heterocycles. The number of alkyl halides is 3. The maximum absolute atomic E-state index is 12.9. The second kappa shape index (κ2) is 7.28. The third-order valence-corrected chi connectivity index (χ3v) is 4.62. The Bertz CT molecular complexity index is 780. The Morgan fingerprint density at radius 1 is 1.15 bits per heavy atom. The van der Waals surface area contributed by atoms with Crippen LogP contribution in [0.15, 0.2) is 30.3 Å². The summed E-state index contributed by atoms with van der Waals surface area (Å²) in [6.07, 6.45) is -4.53. The number of rotatable bonds is 3. The lowest BCUT2D eigenvalue weighted by Gasteiger charge is -2.34. The van der Waals surface area contributed by atoms with E-state index in [1.807, 2.05) is 24.3 Å². The maximum Gasteiger partial charge on any atom is 0.433 e. The number of halogens is 4. The zero-order valence-electron chi connectivity index (χ0n) is 14.1. The molecule has 0 radical (unpaired) electrons. The first-order valence-electron chi connectivity index (χ1n) is 8.11. The van der Waals surface area contributed by atoms with Gasteiger partial charge in [0.2, 0.25) is 0 Å². The summed E-state index contributed by atoms with van der Waals surface area (Å²) in [5.41, 5.74) is 0.0157. The predicted octanol–water partition coefficient (Wildman–Crippen LogP) is 3.05. The highest BCUT2D eigenvalue weighted by molar-refractivity contribution is 6.30.